The molecule has 0 aromatic rings. The van der Waals surface area contributed by atoms with Crippen molar-refractivity contribution in [1.29, 1.82) is 0 Å². The van der Waals surface area contributed by atoms with Gasteiger partial charge in [0.1, 0.15) is 0 Å². The molecular formula is C16H22F14N2O3S. The fraction of sp³-hybridized carbons (Fsp3) is 1.00. The average molecular weight is 588 g/mol. The Morgan fingerprint density at radius 2 is 1.06 bits per heavy atom. The molecule has 0 spiro atoms. The Morgan fingerprint density at radius 1 is 0.722 bits per heavy atom. The highest BCUT2D eigenvalue weighted by Crippen LogP contribution is 2.54. The van der Waals surface area contributed by atoms with Crippen LogP contribution in [0.15, 0.2) is 0 Å². The Balaban J connectivity index is 6.11. The predicted octanol–water partition coefficient (Wildman–Crippen LogP) is 5.32. The molecule has 1 N–H and O–H groups in total. The molecule has 0 aromatic heterocycles. The van der Waals surface area contributed by atoms with Crippen LogP contribution < -0.4 is 4.72 Å². The van der Waals surface area contributed by atoms with Gasteiger partial charge < -0.3 is 9.85 Å². The average Bonchev–Trinajstić information content (AvgIpc) is 2.58. The molecule has 0 saturated carbocycles. The summed E-state index contributed by atoms with van der Waals surface area (Å²) >= 11 is 0. The second-order valence-corrected chi connectivity index (χ2v) is 10.4. The molecule has 0 bridgehead atoms. The van der Waals surface area contributed by atoms with Crippen LogP contribution >= 0.6 is 0 Å². The minimum atomic E-state index is -6.90. The van der Waals surface area contributed by atoms with Crippen molar-refractivity contribution in [3.05, 3.63) is 5.21 Å². The molecule has 36 heavy (non-hydrogen) atoms. The van der Waals surface area contributed by atoms with E-state index in [4.69, 9.17) is 0 Å². The Hall–Kier alpha value is -1.15. The molecule has 0 fully saturated rings. The molecule has 20 heteroatoms. The summed E-state index contributed by atoms with van der Waals surface area (Å²) in [5.74, 6) is -5.04. The van der Waals surface area contributed by atoms with Gasteiger partial charge in [-0.2, -0.15) is 52.7 Å². The molecule has 0 unspecified atom stereocenters. The zero-order valence-electron chi connectivity index (χ0n) is 18.4. The van der Waals surface area contributed by atoms with Crippen LogP contribution in [-0.2, 0) is 10.0 Å². The molecule has 5 nitrogen and oxygen atoms in total. The van der Waals surface area contributed by atoms with Crippen molar-refractivity contribution in [3.8, 4) is 0 Å². The third-order valence-electron chi connectivity index (χ3n) is 4.93. The summed E-state index contributed by atoms with van der Waals surface area (Å²) in [6.45, 7) is -0.749. The summed E-state index contributed by atoms with van der Waals surface area (Å²) in [6.07, 6.45) is -36.0. The number of quaternary nitrogens is 1. The zero-order valence-corrected chi connectivity index (χ0v) is 19.2. The predicted molar refractivity (Wildman–Crippen MR) is 96.0 cm³/mol. The number of alkyl halides is 14. The van der Waals surface area contributed by atoms with Crippen molar-refractivity contribution < 1.29 is 74.5 Å². The highest BCUT2D eigenvalue weighted by Gasteiger charge is 2.75. The van der Waals surface area contributed by atoms with Gasteiger partial charge in [-0.3, -0.25) is 0 Å². The largest absolute Gasteiger partial charge is 0.633 e. The van der Waals surface area contributed by atoms with Crippen molar-refractivity contribution in [3.63, 3.8) is 0 Å². The van der Waals surface area contributed by atoms with E-state index in [1.807, 2.05) is 0 Å². The maximum Gasteiger partial charge on any atom is 0.431 e. The Morgan fingerprint density at radius 3 is 1.33 bits per heavy atom. The van der Waals surface area contributed by atoms with Gasteiger partial charge in [-0.25, -0.2) is 21.9 Å². The summed E-state index contributed by atoms with van der Waals surface area (Å²) in [4.78, 5) is 0. The normalized spacial score (nSPS) is 15.6. The Bertz CT molecular complexity index is 744. The summed E-state index contributed by atoms with van der Waals surface area (Å²) < 4.78 is 207. The van der Waals surface area contributed by atoms with Gasteiger partial charge in [-0.15, -0.1) is 0 Å². The molecular weight excluding hydrogens is 566 g/mol. The number of halogens is 14. The molecule has 0 rings (SSSR count). The van der Waals surface area contributed by atoms with Crippen LogP contribution in [0.3, 0.4) is 0 Å². The molecule has 0 aliphatic heterocycles. The van der Waals surface area contributed by atoms with Gasteiger partial charge >= 0.3 is 24.7 Å². The van der Waals surface area contributed by atoms with E-state index in [2.05, 4.69) is 0 Å². The second kappa shape index (κ2) is 10.9. The molecule has 0 radical (unpaired) electrons. The molecule has 0 heterocycles. The van der Waals surface area contributed by atoms with Crippen molar-refractivity contribution >= 4 is 10.0 Å². The van der Waals surface area contributed by atoms with Gasteiger partial charge in [0, 0.05) is 25.8 Å². The van der Waals surface area contributed by atoms with E-state index < -0.39 is 88.2 Å². The van der Waals surface area contributed by atoms with E-state index in [0.29, 0.717) is 0 Å². The highest BCUT2D eigenvalue weighted by molar-refractivity contribution is 7.89. The van der Waals surface area contributed by atoms with Gasteiger partial charge in [-0.05, 0) is 12.3 Å². The van der Waals surface area contributed by atoms with Crippen LogP contribution in [0.2, 0.25) is 0 Å². The number of hydrogen-bond donors (Lipinski definition) is 1. The summed E-state index contributed by atoms with van der Waals surface area (Å²) in [5.41, 5.74) is -12.8. The van der Waals surface area contributed by atoms with E-state index in [1.54, 1.807) is 4.72 Å². The van der Waals surface area contributed by atoms with Crippen LogP contribution in [0.1, 0.15) is 25.7 Å². The second-order valence-electron chi connectivity index (χ2n) is 8.52. The van der Waals surface area contributed by atoms with E-state index in [9.17, 15) is 75.1 Å². The smallest absolute Gasteiger partial charge is 0.431 e. The first-order valence-corrected chi connectivity index (χ1v) is 11.3. The van der Waals surface area contributed by atoms with Gasteiger partial charge in [0.25, 0.3) is 11.3 Å². The molecule has 0 aliphatic carbocycles. The van der Waals surface area contributed by atoms with E-state index in [1.165, 1.54) is 0 Å². The number of hydroxylamine groups is 3. The number of nitrogens with zero attached hydrogens (tertiary/aromatic N) is 1. The summed E-state index contributed by atoms with van der Waals surface area (Å²) in [5, 5.41) is 11.4. The lowest BCUT2D eigenvalue weighted by Crippen LogP contribution is -2.57. The van der Waals surface area contributed by atoms with E-state index >= 15 is 0 Å². The molecule has 0 aromatic carbocycles. The monoisotopic (exact) mass is 588 g/mol. The van der Waals surface area contributed by atoms with Crippen LogP contribution in [0.5, 0.6) is 0 Å². The van der Waals surface area contributed by atoms with Crippen LogP contribution in [0, 0.1) is 11.1 Å². The zero-order chi connectivity index (χ0) is 29.2. The first-order valence-electron chi connectivity index (χ1n) is 9.65. The van der Waals surface area contributed by atoms with E-state index in [0.717, 1.165) is 14.1 Å². The number of rotatable bonds is 12. The highest BCUT2D eigenvalue weighted by atomic mass is 32.2. The quantitative estimate of drug-likeness (QED) is 0.145. The topological polar surface area (TPSA) is 69.2 Å². The fourth-order valence-electron chi connectivity index (χ4n) is 2.94. The van der Waals surface area contributed by atoms with Crippen molar-refractivity contribution in [2.24, 2.45) is 5.92 Å². The van der Waals surface area contributed by atoms with Crippen molar-refractivity contribution in [2.45, 2.75) is 61.7 Å². The molecule has 0 saturated heterocycles. The SMILES string of the molecule is C[N+](C)([O-])CCCNS(=O)(=O)CCC(CC(F)(C(F)(F)F)C(F)(F)F)CC(F)(C(F)(F)F)C(F)(F)F. The fourth-order valence-corrected chi connectivity index (χ4v) is 4.18. The lowest BCUT2D eigenvalue weighted by atomic mass is 9.81. The van der Waals surface area contributed by atoms with Gasteiger partial charge in [-0.1, -0.05) is 0 Å². The number of hydrogen-bond acceptors (Lipinski definition) is 3. The third-order valence-corrected chi connectivity index (χ3v) is 6.34. The first-order chi connectivity index (χ1) is 15.5. The maximum absolute atomic E-state index is 14.1. The van der Waals surface area contributed by atoms with Gasteiger partial charge in [0.15, 0.2) is 0 Å². The molecule has 0 amide bonds. The minimum Gasteiger partial charge on any atom is -0.633 e. The van der Waals surface area contributed by atoms with Crippen LogP contribution in [-0.4, -0.2) is 82.0 Å². The van der Waals surface area contributed by atoms with Crippen LogP contribution in [0.25, 0.3) is 0 Å². The molecule has 218 valence electrons. The number of sulfonamides is 1. The first kappa shape index (κ1) is 34.9. The molecule has 0 aliphatic rings. The van der Waals surface area contributed by atoms with Crippen molar-refractivity contribution in [1.82, 2.24) is 4.72 Å². The summed E-state index contributed by atoms with van der Waals surface area (Å²) in [6, 6.07) is 0. The lowest BCUT2D eigenvalue weighted by molar-refractivity contribution is -0.840. The number of nitrogens with one attached hydrogen (secondary N) is 1. The molecule has 0 atom stereocenters. The maximum atomic E-state index is 14.1. The van der Waals surface area contributed by atoms with Crippen LogP contribution in [0.4, 0.5) is 61.5 Å². The van der Waals surface area contributed by atoms with Crippen molar-refractivity contribution in [2.75, 3.05) is 32.9 Å². The standard InChI is InChI=1S/C16H22F14N2O3S/c1-32(2,33)6-3-5-31-36(34,35)7-4-10(8-11(17,13(19,20)21)14(22,23)24)9-12(18,15(25,26)27)16(28,29)30/h10,31H,3-9H2,1-2H3. The third kappa shape index (κ3) is 9.30. The lowest BCUT2D eigenvalue weighted by Gasteiger charge is -2.37. The summed E-state index contributed by atoms with van der Waals surface area (Å²) in [7, 11) is -2.48. The van der Waals surface area contributed by atoms with E-state index in [-0.39, 0.29) is 13.0 Å². The van der Waals surface area contributed by atoms with Gasteiger partial charge in [0.05, 0.1) is 26.4 Å². The Labute approximate surface area is 196 Å². The Kier molecular flexibility index (Phi) is 10.6. The van der Waals surface area contributed by atoms with Gasteiger partial charge in [0.2, 0.25) is 10.0 Å². The minimum absolute atomic E-state index is 0.176.